The molecule has 0 saturated heterocycles. The molecule has 4 atom stereocenters. The average molecular weight is 494 g/mol. The van der Waals surface area contributed by atoms with Crippen LogP contribution in [0.5, 0.6) is 5.75 Å². The third-order valence-electron chi connectivity index (χ3n) is 5.11. The van der Waals surface area contributed by atoms with Gasteiger partial charge in [0, 0.05) is 12.8 Å². The van der Waals surface area contributed by atoms with Crippen LogP contribution in [0.15, 0.2) is 24.3 Å². The summed E-state index contributed by atoms with van der Waals surface area (Å²) in [5.41, 5.74) is 11.7. The van der Waals surface area contributed by atoms with Gasteiger partial charge in [0.25, 0.3) is 0 Å². The van der Waals surface area contributed by atoms with Gasteiger partial charge >= 0.3 is 5.97 Å². The van der Waals surface area contributed by atoms with Gasteiger partial charge in [-0.05, 0) is 43.4 Å². The molecular formula is C23H35N5O7. The van der Waals surface area contributed by atoms with Crippen molar-refractivity contribution in [1.82, 2.24) is 16.0 Å². The van der Waals surface area contributed by atoms with Gasteiger partial charge in [0.15, 0.2) is 0 Å². The minimum absolute atomic E-state index is 0.00486. The highest BCUT2D eigenvalue weighted by Crippen LogP contribution is 2.12. The van der Waals surface area contributed by atoms with Gasteiger partial charge in [-0.25, -0.2) is 0 Å². The molecule has 0 aromatic heterocycles. The van der Waals surface area contributed by atoms with Crippen LogP contribution < -0.4 is 27.4 Å². The fourth-order valence-electron chi connectivity index (χ4n) is 3.17. The minimum Gasteiger partial charge on any atom is -0.508 e. The van der Waals surface area contributed by atoms with Crippen molar-refractivity contribution in [3.05, 3.63) is 29.8 Å². The van der Waals surface area contributed by atoms with Gasteiger partial charge in [0.05, 0.1) is 6.04 Å². The third-order valence-corrected chi connectivity index (χ3v) is 5.11. The van der Waals surface area contributed by atoms with E-state index in [1.165, 1.54) is 19.1 Å². The second-order valence-electron chi connectivity index (χ2n) is 8.80. The molecule has 0 aliphatic carbocycles. The molecule has 1 aromatic carbocycles. The lowest BCUT2D eigenvalue weighted by atomic mass is 10.0. The first-order valence-corrected chi connectivity index (χ1v) is 11.3. The van der Waals surface area contributed by atoms with E-state index in [-0.39, 0.29) is 30.9 Å². The number of carbonyl (C=O) groups excluding carboxylic acids is 4. The first-order valence-electron chi connectivity index (χ1n) is 11.3. The first kappa shape index (κ1) is 29.4. The number of carbonyl (C=O) groups is 5. The fourth-order valence-corrected chi connectivity index (χ4v) is 3.17. The topological polar surface area (TPSA) is 214 Å². The van der Waals surface area contributed by atoms with Crippen LogP contribution in [0.3, 0.4) is 0 Å². The zero-order chi connectivity index (χ0) is 26.7. The van der Waals surface area contributed by atoms with Crippen LogP contribution in [0, 0.1) is 5.92 Å². The molecule has 0 aliphatic rings. The standard InChI is InChI=1S/C23H35N5O7/c1-12(2)10-16(24)20(31)27-17(8-9-19(25)30)21(32)28-18(22(33)26-13(3)23(34)35)11-14-4-6-15(29)7-5-14/h4-7,12-13,16-18,29H,8-11,24H2,1-3H3,(H2,25,30)(H,26,33)(H,27,31)(H,28,32)(H,34,35). The highest BCUT2D eigenvalue weighted by Gasteiger charge is 2.30. The lowest BCUT2D eigenvalue weighted by Gasteiger charge is -2.25. The number of hydrogen-bond acceptors (Lipinski definition) is 7. The molecule has 4 unspecified atom stereocenters. The summed E-state index contributed by atoms with van der Waals surface area (Å²) in [6.45, 7) is 5.04. The Morgan fingerprint density at radius 1 is 0.886 bits per heavy atom. The van der Waals surface area contributed by atoms with Crippen molar-refractivity contribution < 1.29 is 34.2 Å². The summed E-state index contributed by atoms with van der Waals surface area (Å²) in [6, 6.07) is 1.36. The van der Waals surface area contributed by atoms with Crippen molar-refractivity contribution in [3.8, 4) is 5.75 Å². The van der Waals surface area contributed by atoms with E-state index >= 15 is 0 Å². The molecule has 0 radical (unpaired) electrons. The Bertz CT molecular complexity index is 904. The molecule has 35 heavy (non-hydrogen) atoms. The van der Waals surface area contributed by atoms with Crippen molar-refractivity contribution in [2.24, 2.45) is 17.4 Å². The molecular weight excluding hydrogens is 458 g/mol. The minimum atomic E-state index is -1.27. The second kappa shape index (κ2) is 13.9. The normalized spacial score (nSPS) is 14.3. The molecule has 0 fully saturated rings. The summed E-state index contributed by atoms with van der Waals surface area (Å²) in [7, 11) is 0. The van der Waals surface area contributed by atoms with Crippen LogP contribution in [0.2, 0.25) is 0 Å². The summed E-state index contributed by atoms with van der Waals surface area (Å²) < 4.78 is 0. The number of phenolic OH excluding ortho intramolecular Hbond substituents is 1. The molecule has 0 spiro atoms. The van der Waals surface area contributed by atoms with E-state index in [2.05, 4.69) is 16.0 Å². The predicted octanol–water partition coefficient (Wildman–Crippen LogP) is -0.867. The molecule has 9 N–H and O–H groups in total. The van der Waals surface area contributed by atoms with Gasteiger partial charge in [0.1, 0.15) is 23.9 Å². The number of aromatic hydroxyl groups is 1. The van der Waals surface area contributed by atoms with Crippen molar-refractivity contribution in [1.29, 1.82) is 0 Å². The summed E-state index contributed by atoms with van der Waals surface area (Å²) in [4.78, 5) is 60.8. The lowest BCUT2D eigenvalue weighted by molar-refractivity contribution is -0.141. The number of nitrogens with two attached hydrogens (primary N) is 2. The van der Waals surface area contributed by atoms with Crippen molar-refractivity contribution in [3.63, 3.8) is 0 Å². The highest BCUT2D eigenvalue weighted by molar-refractivity contribution is 5.94. The molecule has 12 heteroatoms. The number of carboxylic acid groups (broad SMARTS) is 1. The quantitative estimate of drug-likeness (QED) is 0.172. The van der Waals surface area contributed by atoms with Crippen LogP contribution in [0.25, 0.3) is 0 Å². The van der Waals surface area contributed by atoms with E-state index in [1.54, 1.807) is 12.1 Å². The van der Waals surface area contributed by atoms with E-state index in [4.69, 9.17) is 16.6 Å². The van der Waals surface area contributed by atoms with Gasteiger partial charge in [-0.2, -0.15) is 0 Å². The Kier molecular flexibility index (Phi) is 11.7. The number of rotatable bonds is 14. The number of benzene rings is 1. The van der Waals surface area contributed by atoms with Crippen molar-refractivity contribution in [2.45, 2.75) is 70.6 Å². The summed E-state index contributed by atoms with van der Waals surface area (Å²) in [5, 5.41) is 25.9. The van der Waals surface area contributed by atoms with E-state index in [9.17, 15) is 29.1 Å². The number of aliphatic carboxylic acids is 1. The molecule has 4 amide bonds. The number of carboxylic acids is 1. The number of nitrogens with one attached hydrogen (secondary N) is 3. The maximum Gasteiger partial charge on any atom is 0.325 e. The summed E-state index contributed by atoms with van der Waals surface area (Å²) in [5.74, 6) is -3.94. The van der Waals surface area contributed by atoms with Crippen LogP contribution in [0.4, 0.5) is 0 Å². The van der Waals surface area contributed by atoms with Crippen LogP contribution >= 0.6 is 0 Å². The number of amides is 4. The highest BCUT2D eigenvalue weighted by atomic mass is 16.4. The molecule has 0 saturated carbocycles. The summed E-state index contributed by atoms with van der Waals surface area (Å²) >= 11 is 0. The van der Waals surface area contributed by atoms with E-state index in [0.717, 1.165) is 0 Å². The zero-order valence-electron chi connectivity index (χ0n) is 20.1. The summed E-state index contributed by atoms with van der Waals surface area (Å²) in [6.07, 6.45) is 0.00549. The maximum absolute atomic E-state index is 13.1. The van der Waals surface area contributed by atoms with E-state index in [0.29, 0.717) is 12.0 Å². The maximum atomic E-state index is 13.1. The molecule has 12 nitrogen and oxygen atoms in total. The Morgan fingerprint density at radius 3 is 1.94 bits per heavy atom. The zero-order valence-corrected chi connectivity index (χ0v) is 20.1. The van der Waals surface area contributed by atoms with Crippen LogP contribution in [0.1, 0.15) is 45.6 Å². The first-order chi connectivity index (χ1) is 16.3. The van der Waals surface area contributed by atoms with Gasteiger partial charge in [0.2, 0.25) is 23.6 Å². The Morgan fingerprint density at radius 2 is 1.43 bits per heavy atom. The Labute approximate surface area is 203 Å². The average Bonchev–Trinajstić information content (AvgIpc) is 2.76. The monoisotopic (exact) mass is 493 g/mol. The van der Waals surface area contributed by atoms with Crippen molar-refractivity contribution in [2.75, 3.05) is 0 Å². The number of hydrogen-bond donors (Lipinski definition) is 7. The fraction of sp³-hybridized carbons (Fsp3) is 0.522. The largest absolute Gasteiger partial charge is 0.508 e. The molecule has 1 rings (SSSR count). The molecule has 0 bridgehead atoms. The number of primary amides is 1. The second-order valence-corrected chi connectivity index (χ2v) is 8.80. The number of phenols is 1. The smallest absolute Gasteiger partial charge is 0.325 e. The third kappa shape index (κ3) is 10.9. The molecule has 0 heterocycles. The SMILES string of the molecule is CC(C)CC(N)C(=O)NC(CCC(N)=O)C(=O)NC(Cc1ccc(O)cc1)C(=O)NC(C)C(=O)O. The lowest BCUT2D eigenvalue weighted by Crippen LogP contribution is -2.57. The Balaban J connectivity index is 3.09. The van der Waals surface area contributed by atoms with Crippen LogP contribution in [-0.2, 0) is 30.4 Å². The Hall–Kier alpha value is -3.67. The van der Waals surface area contributed by atoms with Crippen LogP contribution in [-0.4, -0.2) is 64.0 Å². The molecule has 1 aromatic rings. The van der Waals surface area contributed by atoms with Crippen molar-refractivity contribution >= 4 is 29.6 Å². The van der Waals surface area contributed by atoms with Gasteiger partial charge in [-0.1, -0.05) is 26.0 Å². The van der Waals surface area contributed by atoms with Gasteiger partial charge in [-0.3, -0.25) is 24.0 Å². The van der Waals surface area contributed by atoms with Gasteiger partial charge < -0.3 is 37.6 Å². The predicted molar refractivity (Wildman–Crippen MR) is 127 cm³/mol. The van der Waals surface area contributed by atoms with E-state index in [1.807, 2.05) is 13.8 Å². The van der Waals surface area contributed by atoms with Gasteiger partial charge in [-0.15, -0.1) is 0 Å². The molecule has 194 valence electrons. The van der Waals surface area contributed by atoms with E-state index < -0.39 is 53.8 Å². The molecule has 0 aliphatic heterocycles.